The maximum absolute atomic E-state index is 11.2. The summed E-state index contributed by atoms with van der Waals surface area (Å²) in [5.74, 6) is -1.23. The number of carbonyl (C=O) groups is 1. The first-order valence-electron chi connectivity index (χ1n) is 6.24. The SMILES string of the molecule is N[C@@H](Cc1cncn1-c1ccc([N+](=O)[O-])cc1[N+](=O)[O-])C(=O)O. The Kier molecular flexibility index (Phi) is 4.32. The van der Waals surface area contributed by atoms with Gasteiger partial charge in [0, 0.05) is 24.4 Å². The number of nitrogens with zero attached hydrogens (tertiary/aromatic N) is 4. The summed E-state index contributed by atoms with van der Waals surface area (Å²) in [4.78, 5) is 35.1. The Bertz CT molecular complexity index is 786. The van der Waals surface area contributed by atoms with Crippen molar-refractivity contribution in [3.8, 4) is 5.69 Å². The van der Waals surface area contributed by atoms with Crippen molar-refractivity contribution in [2.75, 3.05) is 0 Å². The topological polar surface area (TPSA) is 167 Å². The van der Waals surface area contributed by atoms with E-state index < -0.39 is 33.2 Å². The molecule has 0 fully saturated rings. The van der Waals surface area contributed by atoms with Crippen LogP contribution in [0.15, 0.2) is 30.7 Å². The van der Waals surface area contributed by atoms with E-state index in [1.165, 1.54) is 23.2 Å². The van der Waals surface area contributed by atoms with Gasteiger partial charge in [0.1, 0.15) is 11.7 Å². The summed E-state index contributed by atoms with van der Waals surface area (Å²) in [6.45, 7) is 0. The van der Waals surface area contributed by atoms with E-state index in [1.807, 2.05) is 0 Å². The zero-order valence-corrected chi connectivity index (χ0v) is 11.5. The van der Waals surface area contributed by atoms with Crippen LogP contribution in [0.5, 0.6) is 0 Å². The zero-order valence-electron chi connectivity index (χ0n) is 11.5. The van der Waals surface area contributed by atoms with Gasteiger partial charge in [-0.2, -0.15) is 0 Å². The average molecular weight is 321 g/mol. The second-order valence-corrected chi connectivity index (χ2v) is 4.59. The number of carboxylic acids is 1. The van der Waals surface area contributed by atoms with Crippen LogP contribution in [0.4, 0.5) is 11.4 Å². The van der Waals surface area contributed by atoms with Crippen LogP contribution in [0.1, 0.15) is 5.69 Å². The fourth-order valence-corrected chi connectivity index (χ4v) is 1.98. The molecule has 0 amide bonds. The molecule has 1 aromatic carbocycles. The first-order valence-corrected chi connectivity index (χ1v) is 6.24. The minimum atomic E-state index is -1.23. The molecule has 23 heavy (non-hydrogen) atoms. The summed E-state index contributed by atoms with van der Waals surface area (Å²) in [5.41, 5.74) is 4.89. The van der Waals surface area contributed by atoms with Crippen molar-refractivity contribution in [2.24, 2.45) is 5.73 Å². The Labute approximate surface area is 128 Å². The minimum absolute atomic E-state index is 0.0330. The Morgan fingerprint density at radius 1 is 1.35 bits per heavy atom. The zero-order chi connectivity index (χ0) is 17.1. The van der Waals surface area contributed by atoms with E-state index in [-0.39, 0.29) is 12.1 Å². The third-order valence-electron chi connectivity index (χ3n) is 3.09. The summed E-state index contributed by atoms with van der Waals surface area (Å²) < 4.78 is 1.28. The maximum Gasteiger partial charge on any atom is 0.320 e. The minimum Gasteiger partial charge on any atom is -0.480 e. The Morgan fingerprint density at radius 2 is 2.04 bits per heavy atom. The van der Waals surface area contributed by atoms with E-state index in [2.05, 4.69) is 4.98 Å². The molecular weight excluding hydrogens is 310 g/mol. The van der Waals surface area contributed by atoms with E-state index >= 15 is 0 Å². The van der Waals surface area contributed by atoms with E-state index in [0.717, 1.165) is 12.1 Å². The molecule has 0 saturated heterocycles. The number of nitro benzene ring substituents is 2. The van der Waals surface area contributed by atoms with Crippen LogP contribution in [0.25, 0.3) is 5.69 Å². The number of aliphatic carboxylic acids is 1. The molecule has 0 aliphatic carbocycles. The molecule has 0 aliphatic heterocycles. The second-order valence-electron chi connectivity index (χ2n) is 4.59. The van der Waals surface area contributed by atoms with Crippen LogP contribution in [-0.4, -0.2) is 36.5 Å². The molecule has 2 aromatic rings. The highest BCUT2D eigenvalue weighted by molar-refractivity contribution is 5.73. The molecule has 0 aliphatic rings. The first kappa shape index (κ1) is 16.0. The quantitative estimate of drug-likeness (QED) is 0.577. The summed E-state index contributed by atoms with van der Waals surface area (Å²) in [7, 11) is 0. The lowest BCUT2D eigenvalue weighted by molar-refractivity contribution is -0.394. The van der Waals surface area contributed by atoms with Crippen LogP contribution in [0.2, 0.25) is 0 Å². The summed E-state index contributed by atoms with van der Waals surface area (Å²) in [5, 5.41) is 30.8. The maximum atomic E-state index is 11.2. The summed E-state index contributed by atoms with van der Waals surface area (Å²) in [6, 6.07) is 1.94. The van der Waals surface area contributed by atoms with Gasteiger partial charge in [-0.15, -0.1) is 0 Å². The summed E-state index contributed by atoms with van der Waals surface area (Å²) in [6.07, 6.45) is 2.47. The molecule has 1 atom stereocenters. The molecule has 0 unspecified atom stereocenters. The average Bonchev–Trinajstić information content (AvgIpc) is 2.94. The largest absolute Gasteiger partial charge is 0.480 e. The predicted molar refractivity (Wildman–Crippen MR) is 76.2 cm³/mol. The Hall–Kier alpha value is -3.34. The van der Waals surface area contributed by atoms with Crippen molar-refractivity contribution >= 4 is 17.3 Å². The van der Waals surface area contributed by atoms with Gasteiger partial charge < -0.3 is 10.8 Å². The fourth-order valence-electron chi connectivity index (χ4n) is 1.98. The van der Waals surface area contributed by atoms with Crippen LogP contribution >= 0.6 is 0 Å². The van der Waals surface area contributed by atoms with E-state index in [9.17, 15) is 25.0 Å². The highest BCUT2D eigenvalue weighted by atomic mass is 16.6. The smallest absolute Gasteiger partial charge is 0.320 e. The monoisotopic (exact) mass is 321 g/mol. The lowest BCUT2D eigenvalue weighted by atomic mass is 10.1. The van der Waals surface area contributed by atoms with Crippen molar-refractivity contribution in [1.82, 2.24) is 9.55 Å². The first-order chi connectivity index (χ1) is 10.8. The Balaban J connectivity index is 2.51. The van der Waals surface area contributed by atoms with Gasteiger partial charge in [-0.05, 0) is 6.07 Å². The molecular formula is C12H11N5O6. The van der Waals surface area contributed by atoms with Crippen LogP contribution in [-0.2, 0) is 11.2 Å². The predicted octanol–water partition coefficient (Wildman–Crippen LogP) is 0.643. The molecule has 0 bridgehead atoms. The van der Waals surface area contributed by atoms with Crippen molar-refractivity contribution < 1.29 is 19.7 Å². The number of rotatable bonds is 6. The van der Waals surface area contributed by atoms with Gasteiger partial charge in [-0.1, -0.05) is 0 Å². The van der Waals surface area contributed by atoms with Gasteiger partial charge >= 0.3 is 5.97 Å². The number of carboxylic acid groups (broad SMARTS) is 1. The highest BCUT2D eigenvalue weighted by Crippen LogP contribution is 2.28. The van der Waals surface area contributed by atoms with E-state index in [0.29, 0.717) is 5.69 Å². The molecule has 3 N–H and O–H groups in total. The van der Waals surface area contributed by atoms with Crippen molar-refractivity contribution in [2.45, 2.75) is 12.5 Å². The van der Waals surface area contributed by atoms with Crippen LogP contribution in [0.3, 0.4) is 0 Å². The number of hydrogen-bond acceptors (Lipinski definition) is 7. The van der Waals surface area contributed by atoms with Crippen LogP contribution < -0.4 is 5.73 Å². The fraction of sp³-hybridized carbons (Fsp3) is 0.167. The van der Waals surface area contributed by atoms with Gasteiger partial charge in [0.25, 0.3) is 11.4 Å². The molecule has 120 valence electrons. The number of non-ortho nitro benzene ring substituents is 1. The van der Waals surface area contributed by atoms with E-state index in [4.69, 9.17) is 10.8 Å². The molecule has 1 heterocycles. The third-order valence-corrected chi connectivity index (χ3v) is 3.09. The number of benzene rings is 1. The molecule has 0 spiro atoms. The lowest BCUT2D eigenvalue weighted by Gasteiger charge is -2.10. The number of nitrogens with two attached hydrogens (primary N) is 1. The number of hydrogen-bond donors (Lipinski definition) is 2. The van der Waals surface area contributed by atoms with Gasteiger partial charge in [-0.3, -0.25) is 29.6 Å². The molecule has 11 nitrogen and oxygen atoms in total. The standard InChI is InChI=1S/C12H11N5O6/c13-9(12(18)19)3-8-5-14-6-15(8)10-2-1-7(16(20)21)4-11(10)17(22)23/h1-2,4-6,9H,3,13H2,(H,18,19)/t9-/m0/s1. The second kappa shape index (κ2) is 6.19. The van der Waals surface area contributed by atoms with Gasteiger partial charge in [0.05, 0.1) is 22.2 Å². The lowest BCUT2D eigenvalue weighted by Crippen LogP contribution is -2.32. The molecule has 2 rings (SSSR count). The van der Waals surface area contributed by atoms with Crippen molar-refractivity contribution in [3.63, 3.8) is 0 Å². The van der Waals surface area contributed by atoms with Gasteiger partial charge in [0.2, 0.25) is 0 Å². The number of nitro groups is 2. The molecule has 0 saturated carbocycles. The van der Waals surface area contributed by atoms with Crippen LogP contribution in [0, 0.1) is 20.2 Å². The van der Waals surface area contributed by atoms with Crippen molar-refractivity contribution in [1.29, 1.82) is 0 Å². The van der Waals surface area contributed by atoms with Crippen molar-refractivity contribution in [3.05, 3.63) is 56.6 Å². The summed E-state index contributed by atoms with van der Waals surface area (Å²) >= 11 is 0. The molecule has 11 heteroatoms. The number of aromatic nitrogens is 2. The number of imidazole rings is 1. The van der Waals surface area contributed by atoms with Gasteiger partial charge in [0.15, 0.2) is 0 Å². The third kappa shape index (κ3) is 3.29. The van der Waals surface area contributed by atoms with Gasteiger partial charge in [-0.25, -0.2) is 4.98 Å². The highest BCUT2D eigenvalue weighted by Gasteiger charge is 2.23. The van der Waals surface area contributed by atoms with E-state index in [1.54, 1.807) is 0 Å². The Morgan fingerprint density at radius 3 is 2.61 bits per heavy atom. The normalized spacial score (nSPS) is 11.9. The molecule has 0 radical (unpaired) electrons. The molecule has 1 aromatic heterocycles.